The Morgan fingerprint density at radius 2 is 0.891 bits per heavy atom. The van der Waals surface area contributed by atoms with Gasteiger partial charge < -0.3 is 0 Å². The first kappa shape index (κ1) is 40.9. The van der Waals surface area contributed by atoms with Gasteiger partial charge in [-0.3, -0.25) is 37.9 Å². The normalized spacial score (nSPS) is 12.9. The van der Waals surface area contributed by atoms with E-state index in [-0.39, 0.29) is 11.8 Å². The standard InChI is InChI=1S/C28H22N4O17S6/c33-32(34)20-6-3-9-23(14-20)51(37,38)30-18-4-1-7-21(12-18)50(35,36)29-19-5-2-8-22(13-19)52(39,40)31-26-15-24(53(41,42)43)10-17-11-25(54(44,45)46)16-27(28(17)26)55(47,48)49/h1-16,29-31H,(H,41,42,43)(H,44,45,46)(H,47,48,49). The quantitative estimate of drug-likeness (QED) is 0.0562. The molecule has 0 aliphatic carbocycles. The van der Waals surface area contributed by atoms with Gasteiger partial charge in [0.25, 0.3) is 66.1 Å². The maximum atomic E-state index is 13.6. The second kappa shape index (κ2) is 14.1. The summed E-state index contributed by atoms with van der Waals surface area (Å²) in [6.45, 7) is 0. The first-order valence-corrected chi connectivity index (χ1v) is 23.0. The van der Waals surface area contributed by atoms with Gasteiger partial charge >= 0.3 is 0 Å². The summed E-state index contributed by atoms with van der Waals surface area (Å²) in [5.41, 5.74) is -2.18. The molecule has 0 bridgehead atoms. The summed E-state index contributed by atoms with van der Waals surface area (Å²) >= 11 is 0. The predicted molar refractivity (Wildman–Crippen MR) is 192 cm³/mol. The zero-order valence-electron chi connectivity index (χ0n) is 26.7. The zero-order chi connectivity index (χ0) is 40.9. The summed E-state index contributed by atoms with van der Waals surface area (Å²) in [7, 11) is -30.0. The second-order valence-electron chi connectivity index (χ2n) is 11.0. The molecular formula is C28H22N4O17S6. The van der Waals surface area contributed by atoms with Crippen LogP contribution in [0, 0.1) is 10.1 Å². The maximum absolute atomic E-state index is 13.6. The van der Waals surface area contributed by atoms with Crippen LogP contribution in [0.1, 0.15) is 0 Å². The Balaban J connectivity index is 1.51. The van der Waals surface area contributed by atoms with E-state index in [0.717, 1.165) is 66.7 Å². The van der Waals surface area contributed by atoms with Crippen LogP contribution in [-0.4, -0.2) is 69.1 Å². The monoisotopic (exact) mass is 878 g/mol. The number of benzene rings is 5. The SMILES string of the molecule is O=[N+]([O-])c1cccc(S(=O)(=O)Nc2cccc(S(=O)(=O)Nc3cccc(S(=O)(=O)Nc4cc(S(=O)(=O)O)cc5cc(S(=O)(=O)O)cc(S(=O)(=O)O)c45)c3)c2)c1. The highest BCUT2D eigenvalue weighted by atomic mass is 32.2. The Morgan fingerprint density at radius 3 is 1.33 bits per heavy atom. The Hall–Kier alpha value is -5.26. The lowest BCUT2D eigenvalue weighted by molar-refractivity contribution is -0.385. The fourth-order valence-corrected chi connectivity index (χ4v) is 10.1. The molecule has 5 rings (SSSR count). The number of non-ortho nitro benzene ring substituents is 1. The fraction of sp³-hybridized carbons (Fsp3) is 0. The van der Waals surface area contributed by atoms with E-state index in [1.807, 2.05) is 4.72 Å². The van der Waals surface area contributed by atoms with Crippen molar-refractivity contribution in [3.05, 3.63) is 107 Å². The van der Waals surface area contributed by atoms with Crippen molar-refractivity contribution in [2.24, 2.45) is 0 Å². The Labute approximate surface area is 312 Å². The lowest BCUT2D eigenvalue weighted by atomic mass is 10.1. The fourth-order valence-electron chi connectivity index (χ4n) is 4.85. The molecule has 0 aliphatic rings. The van der Waals surface area contributed by atoms with Gasteiger partial charge in [0.15, 0.2) is 0 Å². The maximum Gasteiger partial charge on any atom is 0.295 e. The number of nitro benzene ring substituents is 1. The summed E-state index contributed by atoms with van der Waals surface area (Å²) < 4.78 is 187. The van der Waals surface area contributed by atoms with Crippen LogP contribution in [0.5, 0.6) is 0 Å². The summed E-state index contributed by atoms with van der Waals surface area (Å²) in [5.74, 6) is 0. The third kappa shape index (κ3) is 9.17. The molecule has 292 valence electrons. The van der Waals surface area contributed by atoms with Gasteiger partial charge in [-0.05, 0) is 72.1 Å². The van der Waals surface area contributed by atoms with Crippen LogP contribution in [-0.2, 0) is 60.4 Å². The molecule has 55 heavy (non-hydrogen) atoms. The first-order chi connectivity index (χ1) is 25.2. The number of nitrogens with one attached hydrogen (secondary N) is 3. The van der Waals surface area contributed by atoms with Crippen molar-refractivity contribution in [1.29, 1.82) is 0 Å². The topological polar surface area (TPSA) is 345 Å². The molecule has 0 heterocycles. The highest BCUT2D eigenvalue weighted by molar-refractivity contribution is 7.93. The molecular weight excluding hydrogens is 857 g/mol. The highest BCUT2D eigenvalue weighted by Gasteiger charge is 2.27. The van der Waals surface area contributed by atoms with Crippen molar-refractivity contribution >= 4 is 93.9 Å². The summed E-state index contributed by atoms with van der Waals surface area (Å²) in [6.07, 6.45) is 0. The number of anilines is 3. The van der Waals surface area contributed by atoms with Crippen LogP contribution < -0.4 is 14.2 Å². The predicted octanol–water partition coefficient (Wildman–Crippen LogP) is 2.89. The van der Waals surface area contributed by atoms with Crippen molar-refractivity contribution in [1.82, 2.24) is 0 Å². The van der Waals surface area contributed by atoms with E-state index in [9.17, 15) is 74.3 Å². The molecule has 21 nitrogen and oxygen atoms in total. The average Bonchev–Trinajstić information content (AvgIpc) is 3.06. The molecule has 0 aromatic heterocycles. The van der Waals surface area contributed by atoms with Gasteiger partial charge in [0.05, 0.1) is 46.5 Å². The molecule has 0 atom stereocenters. The van der Waals surface area contributed by atoms with Crippen LogP contribution in [0.25, 0.3) is 10.8 Å². The minimum Gasteiger partial charge on any atom is -0.282 e. The molecule has 0 amide bonds. The van der Waals surface area contributed by atoms with Crippen molar-refractivity contribution in [2.75, 3.05) is 14.2 Å². The number of hydrogen-bond acceptors (Lipinski definition) is 14. The third-order valence-electron chi connectivity index (χ3n) is 7.21. The van der Waals surface area contributed by atoms with Gasteiger partial charge in [0, 0.05) is 17.5 Å². The minimum atomic E-state index is -5.45. The molecule has 5 aromatic carbocycles. The second-order valence-corrected chi connectivity index (χ2v) is 20.3. The number of hydrogen-bond donors (Lipinski definition) is 6. The van der Waals surface area contributed by atoms with Crippen LogP contribution >= 0.6 is 0 Å². The summed E-state index contributed by atoms with van der Waals surface area (Å²) in [5, 5.41) is 9.54. The van der Waals surface area contributed by atoms with Crippen LogP contribution in [0.4, 0.5) is 22.7 Å². The Morgan fingerprint density at radius 1 is 0.473 bits per heavy atom. The van der Waals surface area contributed by atoms with E-state index in [1.54, 1.807) is 0 Å². The zero-order valence-corrected chi connectivity index (χ0v) is 31.6. The molecule has 0 aliphatic heterocycles. The van der Waals surface area contributed by atoms with Gasteiger partial charge in [0.2, 0.25) is 0 Å². The van der Waals surface area contributed by atoms with E-state index in [2.05, 4.69) is 9.44 Å². The average molecular weight is 879 g/mol. The number of rotatable bonds is 13. The Bertz CT molecular complexity index is 3110. The van der Waals surface area contributed by atoms with Gasteiger partial charge in [-0.1, -0.05) is 18.2 Å². The molecule has 0 fully saturated rings. The number of sulfonamides is 3. The number of fused-ring (bicyclic) bond motifs is 1. The lowest BCUT2D eigenvalue weighted by Gasteiger charge is -2.16. The lowest BCUT2D eigenvalue weighted by Crippen LogP contribution is -2.17. The molecule has 5 aromatic rings. The summed E-state index contributed by atoms with van der Waals surface area (Å²) in [6, 6.07) is 13.8. The van der Waals surface area contributed by atoms with Crippen molar-refractivity contribution < 1.29 is 69.1 Å². The van der Waals surface area contributed by atoms with Crippen molar-refractivity contribution in [3.63, 3.8) is 0 Å². The van der Waals surface area contributed by atoms with Gasteiger partial charge in [0.1, 0.15) is 4.90 Å². The molecule has 0 saturated carbocycles. The largest absolute Gasteiger partial charge is 0.295 e. The summed E-state index contributed by atoms with van der Waals surface area (Å²) in [4.78, 5) is 4.88. The van der Waals surface area contributed by atoms with Crippen LogP contribution in [0.2, 0.25) is 0 Å². The van der Waals surface area contributed by atoms with E-state index >= 15 is 0 Å². The molecule has 0 saturated heterocycles. The van der Waals surface area contributed by atoms with E-state index in [0.29, 0.717) is 18.2 Å². The molecule has 0 radical (unpaired) electrons. The van der Waals surface area contributed by atoms with Gasteiger partial charge in [-0.25, -0.2) is 25.3 Å². The van der Waals surface area contributed by atoms with Crippen LogP contribution in [0.15, 0.2) is 126 Å². The molecule has 6 N–H and O–H groups in total. The molecule has 0 spiro atoms. The van der Waals surface area contributed by atoms with E-state index < -0.39 is 123 Å². The van der Waals surface area contributed by atoms with Gasteiger partial charge in [-0.2, -0.15) is 25.3 Å². The molecule has 0 unspecified atom stereocenters. The first-order valence-electron chi connectivity index (χ1n) is 14.2. The molecule has 27 heteroatoms. The number of nitro groups is 1. The highest BCUT2D eigenvalue weighted by Crippen LogP contribution is 2.37. The van der Waals surface area contributed by atoms with E-state index in [1.165, 1.54) is 6.07 Å². The van der Waals surface area contributed by atoms with E-state index in [4.69, 9.17) is 0 Å². The van der Waals surface area contributed by atoms with Gasteiger partial charge in [-0.15, -0.1) is 0 Å². The smallest absolute Gasteiger partial charge is 0.282 e. The third-order valence-corrected chi connectivity index (χ3v) is 13.9. The Kier molecular flexibility index (Phi) is 10.5. The van der Waals surface area contributed by atoms with Crippen molar-refractivity contribution in [2.45, 2.75) is 29.4 Å². The minimum absolute atomic E-state index is 0.251. The van der Waals surface area contributed by atoms with Crippen molar-refractivity contribution in [3.8, 4) is 0 Å². The number of nitrogens with zero attached hydrogens (tertiary/aromatic N) is 1. The van der Waals surface area contributed by atoms with Crippen LogP contribution in [0.3, 0.4) is 0 Å².